The lowest BCUT2D eigenvalue weighted by atomic mass is 10.1. The van der Waals surface area contributed by atoms with E-state index in [1.54, 1.807) is 17.5 Å². The van der Waals surface area contributed by atoms with Gasteiger partial charge in [0, 0.05) is 39.2 Å². The van der Waals surface area contributed by atoms with Crippen molar-refractivity contribution in [2.45, 2.75) is 18.9 Å². The molecule has 1 aliphatic rings. The van der Waals surface area contributed by atoms with Gasteiger partial charge in [0.05, 0.1) is 41.0 Å². The highest BCUT2D eigenvalue weighted by Crippen LogP contribution is 2.35. The van der Waals surface area contributed by atoms with Crippen molar-refractivity contribution in [2.24, 2.45) is 0 Å². The highest BCUT2D eigenvalue weighted by Gasteiger charge is 2.17. The Morgan fingerprint density at radius 3 is 2.72 bits per heavy atom. The average Bonchev–Trinajstić information content (AvgIpc) is 3.68. The summed E-state index contributed by atoms with van der Waals surface area (Å²) >= 11 is 1.71. The zero-order chi connectivity index (χ0) is 23.9. The average molecular weight is 494 g/mol. The van der Waals surface area contributed by atoms with Gasteiger partial charge in [0.15, 0.2) is 0 Å². The molecule has 6 aromatic rings. The van der Waals surface area contributed by atoms with Gasteiger partial charge in [-0.25, -0.2) is 0 Å². The molecule has 9 heteroatoms. The van der Waals surface area contributed by atoms with Crippen LogP contribution >= 0.6 is 11.3 Å². The van der Waals surface area contributed by atoms with Gasteiger partial charge in [0.2, 0.25) is 0 Å². The van der Waals surface area contributed by atoms with E-state index in [4.69, 9.17) is 4.74 Å². The Morgan fingerprint density at radius 2 is 1.83 bits per heavy atom. The first kappa shape index (κ1) is 21.2. The van der Waals surface area contributed by atoms with Crippen LogP contribution in [-0.2, 0) is 0 Å². The number of pyridine rings is 3. The smallest absolute Gasteiger partial charge is 0.138 e. The SMILES string of the molecule is c1csc(-c2cncc3[nH]c(-c4n[nH]c5cnc(-c6cncc(OC7CCNCC7)c6)cc45)cc23)c1. The Labute approximate surface area is 210 Å². The third-order valence-electron chi connectivity index (χ3n) is 6.63. The van der Waals surface area contributed by atoms with Crippen molar-refractivity contribution >= 4 is 33.1 Å². The third-order valence-corrected chi connectivity index (χ3v) is 7.54. The fraction of sp³-hybridized carbons (Fsp3) is 0.185. The second-order valence-electron chi connectivity index (χ2n) is 8.97. The van der Waals surface area contributed by atoms with Gasteiger partial charge in [-0.15, -0.1) is 11.3 Å². The number of hydrogen-bond acceptors (Lipinski definition) is 7. The van der Waals surface area contributed by atoms with E-state index < -0.39 is 0 Å². The molecule has 36 heavy (non-hydrogen) atoms. The number of aromatic nitrogens is 6. The van der Waals surface area contributed by atoms with Crippen LogP contribution in [0, 0.1) is 0 Å². The second kappa shape index (κ2) is 8.85. The molecule has 1 saturated heterocycles. The first-order valence-electron chi connectivity index (χ1n) is 12.0. The second-order valence-corrected chi connectivity index (χ2v) is 9.92. The molecule has 0 unspecified atom stereocenters. The molecule has 1 fully saturated rings. The summed E-state index contributed by atoms with van der Waals surface area (Å²) in [6.45, 7) is 1.97. The van der Waals surface area contributed by atoms with Gasteiger partial charge < -0.3 is 15.0 Å². The lowest BCUT2D eigenvalue weighted by Gasteiger charge is -2.23. The summed E-state index contributed by atoms with van der Waals surface area (Å²) in [4.78, 5) is 18.2. The van der Waals surface area contributed by atoms with E-state index >= 15 is 0 Å². The zero-order valence-electron chi connectivity index (χ0n) is 19.4. The number of nitrogens with one attached hydrogen (secondary N) is 3. The van der Waals surface area contributed by atoms with Gasteiger partial charge in [-0.1, -0.05) is 6.07 Å². The molecule has 0 bridgehead atoms. The molecule has 0 amide bonds. The number of thiophene rings is 1. The van der Waals surface area contributed by atoms with E-state index in [1.807, 2.05) is 30.9 Å². The molecular formula is C27H23N7OS. The van der Waals surface area contributed by atoms with Gasteiger partial charge in [-0.3, -0.25) is 20.1 Å². The van der Waals surface area contributed by atoms with Crippen LogP contribution in [0.4, 0.5) is 0 Å². The van der Waals surface area contributed by atoms with Gasteiger partial charge in [-0.2, -0.15) is 5.10 Å². The van der Waals surface area contributed by atoms with E-state index in [-0.39, 0.29) is 6.10 Å². The molecule has 7 rings (SSSR count). The van der Waals surface area contributed by atoms with Crippen molar-refractivity contribution in [1.29, 1.82) is 0 Å². The quantitative estimate of drug-likeness (QED) is 0.296. The van der Waals surface area contributed by atoms with Crippen molar-refractivity contribution in [1.82, 2.24) is 35.5 Å². The largest absolute Gasteiger partial charge is 0.489 e. The first-order valence-corrected chi connectivity index (χ1v) is 12.9. The van der Waals surface area contributed by atoms with Crippen molar-refractivity contribution in [2.75, 3.05) is 13.1 Å². The molecule has 3 N–H and O–H groups in total. The highest BCUT2D eigenvalue weighted by molar-refractivity contribution is 7.13. The van der Waals surface area contributed by atoms with Crippen LogP contribution in [0.2, 0.25) is 0 Å². The summed E-state index contributed by atoms with van der Waals surface area (Å²) in [7, 11) is 0. The standard InChI is InChI=1S/C27H23N7OS/c1-2-26(36-7-1)21-13-30-14-24-19(21)9-23(32-24)27-20-10-22(31-15-25(20)33-34-27)16-8-18(12-29-11-16)35-17-3-5-28-6-4-17/h1-2,7-15,17,28,32H,3-6H2,(H,33,34). The van der Waals surface area contributed by atoms with Crippen molar-refractivity contribution in [3.05, 3.63) is 66.7 Å². The van der Waals surface area contributed by atoms with Crippen molar-refractivity contribution in [3.8, 4) is 38.8 Å². The van der Waals surface area contributed by atoms with Gasteiger partial charge in [-0.05, 0) is 55.6 Å². The minimum Gasteiger partial charge on any atom is -0.489 e. The van der Waals surface area contributed by atoms with Crippen molar-refractivity contribution < 1.29 is 4.74 Å². The number of piperidine rings is 1. The first-order chi connectivity index (χ1) is 17.8. The summed E-state index contributed by atoms with van der Waals surface area (Å²) < 4.78 is 6.20. The highest BCUT2D eigenvalue weighted by atomic mass is 32.1. The fourth-order valence-corrected chi connectivity index (χ4v) is 5.57. The van der Waals surface area contributed by atoms with Gasteiger partial charge in [0.1, 0.15) is 17.5 Å². The number of aromatic amines is 2. The lowest BCUT2D eigenvalue weighted by Crippen LogP contribution is -2.34. The monoisotopic (exact) mass is 493 g/mol. The van der Waals surface area contributed by atoms with E-state index in [0.717, 1.165) is 81.7 Å². The maximum atomic E-state index is 6.20. The minimum atomic E-state index is 0.217. The summed E-state index contributed by atoms with van der Waals surface area (Å²) in [5, 5.41) is 15.3. The Bertz CT molecular complexity index is 1660. The van der Waals surface area contributed by atoms with E-state index in [0.29, 0.717) is 0 Å². The molecule has 0 atom stereocenters. The molecule has 0 spiro atoms. The minimum absolute atomic E-state index is 0.217. The normalized spacial score (nSPS) is 14.6. The predicted molar refractivity (Wildman–Crippen MR) is 142 cm³/mol. The van der Waals surface area contributed by atoms with E-state index in [9.17, 15) is 0 Å². The predicted octanol–water partition coefficient (Wildman–Crippen LogP) is 5.42. The summed E-state index contributed by atoms with van der Waals surface area (Å²) in [5.41, 5.74) is 6.48. The van der Waals surface area contributed by atoms with Gasteiger partial charge in [0.25, 0.3) is 0 Å². The zero-order valence-corrected chi connectivity index (χ0v) is 20.2. The van der Waals surface area contributed by atoms with Crippen LogP contribution in [0.15, 0.2) is 66.7 Å². The molecule has 8 nitrogen and oxygen atoms in total. The van der Waals surface area contributed by atoms with Crippen LogP contribution in [0.3, 0.4) is 0 Å². The molecule has 6 aromatic heterocycles. The topological polar surface area (TPSA) is 104 Å². The van der Waals surface area contributed by atoms with Crippen LogP contribution in [0.1, 0.15) is 12.8 Å². The number of nitrogens with zero attached hydrogens (tertiary/aromatic N) is 4. The maximum absolute atomic E-state index is 6.20. The lowest BCUT2D eigenvalue weighted by molar-refractivity contribution is 0.162. The van der Waals surface area contributed by atoms with Crippen molar-refractivity contribution in [3.63, 3.8) is 0 Å². The molecule has 7 heterocycles. The molecule has 178 valence electrons. The molecular weight excluding hydrogens is 470 g/mol. The van der Waals surface area contributed by atoms with Crippen LogP contribution in [-0.4, -0.2) is 49.3 Å². The van der Waals surface area contributed by atoms with E-state index in [1.165, 1.54) is 4.88 Å². The van der Waals surface area contributed by atoms with Crippen LogP contribution in [0.25, 0.3) is 54.9 Å². The van der Waals surface area contributed by atoms with Gasteiger partial charge >= 0.3 is 0 Å². The number of H-pyrrole nitrogens is 2. The maximum Gasteiger partial charge on any atom is 0.138 e. The summed E-state index contributed by atoms with van der Waals surface area (Å²) in [6, 6.07) is 10.4. The summed E-state index contributed by atoms with van der Waals surface area (Å²) in [5.74, 6) is 0.776. The Kier molecular flexibility index (Phi) is 5.22. The van der Waals surface area contributed by atoms with Crippen LogP contribution in [0.5, 0.6) is 5.75 Å². The Balaban J connectivity index is 1.26. The molecule has 0 saturated carbocycles. The molecule has 1 aliphatic heterocycles. The Morgan fingerprint density at radius 1 is 0.917 bits per heavy atom. The number of ether oxygens (including phenoxy) is 1. The number of rotatable bonds is 5. The Hall–Kier alpha value is -4.08. The number of fused-ring (bicyclic) bond motifs is 2. The summed E-state index contributed by atoms with van der Waals surface area (Å²) in [6.07, 6.45) is 11.4. The molecule has 0 radical (unpaired) electrons. The fourth-order valence-electron chi connectivity index (χ4n) is 4.82. The van der Waals surface area contributed by atoms with Crippen LogP contribution < -0.4 is 10.1 Å². The third kappa shape index (κ3) is 3.82. The number of hydrogen-bond donors (Lipinski definition) is 3. The molecule has 0 aliphatic carbocycles. The van der Waals surface area contributed by atoms with E-state index in [2.05, 4.69) is 65.1 Å². The molecule has 0 aromatic carbocycles.